The molecule has 0 aromatic heterocycles. The van der Waals surface area contributed by atoms with Crippen molar-refractivity contribution >= 4 is 6.09 Å². The summed E-state index contributed by atoms with van der Waals surface area (Å²) in [4.78, 5) is 11.7. The summed E-state index contributed by atoms with van der Waals surface area (Å²) in [6.07, 6.45) is 4.06. The van der Waals surface area contributed by atoms with Crippen LogP contribution in [0.5, 0.6) is 0 Å². The van der Waals surface area contributed by atoms with Crippen molar-refractivity contribution in [2.45, 2.75) is 70.2 Å². The molecular formula is C14H27N3O2. The largest absolute Gasteiger partial charge is 0.444 e. The van der Waals surface area contributed by atoms with E-state index in [4.69, 9.17) is 4.74 Å². The number of nitrogens with one attached hydrogen (secondary N) is 3. The minimum absolute atomic E-state index is 0.271. The highest BCUT2D eigenvalue weighted by molar-refractivity contribution is 5.68. The molecule has 0 aromatic carbocycles. The average molecular weight is 269 g/mol. The van der Waals surface area contributed by atoms with E-state index in [2.05, 4.69) is 16.0 Å². The van der Waals surface area contributed by atoms with Gasteiger partial charge in [0, 0.05) is 31.2 Å². The van der Waals surface area contributed by atoms with E-state index >= 15 is 0 Å². The Morgan fingerprint density at radius 1 is 1.05 bits per heavy atom. The first-order valence-corrected chi connectivity index (χ1v) is 7.38. The monoisotopic (exact) mass is 269 g/mol. The van der Waals surface area contributed by atoms with Crippen LogP contribution in [-0.4, -0.2) is 42.9 Å². The van der Waals surface area contributed by atoms with Crippen molar-refractivity contribution in [3.05, 3.63) is 0 Å². The van der Waals surface area contributed by atoms with Gasteiger partial charge in [-0.3, -0.25) is 0 Å². The van der Waals surface area contributed by atoms with Crippen molar-refractivity contribution in [2.75, 3.05) is 13.1 Å². The third kappa shape index (κ3) is 4.99. The van der Waals surface area contributed by atoms with Gasteiger partial charge >= 0.3 is 6.09 Å². The van der Waals surface area contributed by atoms with E-state index in [-0.39, 0.29) is 12.1 Å². The molecule has 0 radical (unpaired) electrons. The first-order valence-electron chi connectivity index (χ1n) is 7.38. The summed E-state index contributed by atoms with van der Waals surface area (Å²) < 4.78 is 5.28. The maximum atomic E-state index is 11.7. The molecule has 0 spiro atoms. The molecule has 19 heavy (non-hydrogen) atoms. The van der Waals surface area contributed by atoms with Crippen LogP contribution < -0.4 is 16.0 Å². The van der Waals surface area contributed by atoms with Crippen molar-refractivity contribution in [1.29, 1.82) is 0 Å². The molecule has 110 valence electrons. The first-order chi connectivity index (χ1) is 8.92. The lowest BCUT2D eigenvalue weighted by atomic mass is 9.90. The van der Waals surface area contributed by atoms with Crippen LogP contribution in [0.3, 0.4) is 0 Å². The fraction of sp³-hybridized carbons (Fsp3) is 0.929. The highest BCUT2D eigenvalue weighted by Crippen LogP contribution is 2.20. The van der Waals surface area contributed by atoms with Crippen molar-refractivity contribution in [2.24, 2.45) is 0 Å². The van der Waals surface area contributed by atoms with E-state index in [9.17, 15) is 4.79 Å². The predicted molar refractivity (Wildman–Crippen MR) is 75.2 cm³/mol. The van der Waals surface area contributed by atoms with Crippen molar-refractivity contribution < 1.29 is 9.53 Å². The molecule has 5 nitrogen and oxygen atoms in total. The Balaban J connectivity index is 1.64. The molecule has 0 aromatic rings. The van der Waals surface area contributed by atoms with E-state index in [1.807, 2.05) is 20.8 Å². The third-order valence-electron chi connectivity index (χ3n) is 3.70. The second-order valence-corrected chi connectivity index (χ2v) is 6.72. The van der Waals surface area contributed by atoms with E-state index in [1.54, 1.807) is 0 Å². The summed E-state index contributed by atoms with van der Waals surface area (Å²) in [6, 6.07) is 1.54. The molecule has 1 aliphatic heterocycles. The van der Waals surface area contributed by atoms with Gasteiger partial charge in [-0.05, 0) is 46.5 Å². The van der Waals surface area contributed by atoms with Gasteiger partial charge in [-0.1, -0.05) is 0 Å². The van der Waals surface area contributed by atoms with Gasteiger partial charge in [0.25, 0.3) is 0 Å². The fourth-order valence-electron chi connectivity index (χ4n) is 2.62. The van der Waals surface area contributed by atoms with E-state index in [0.717, 1.165) is 38.8 Å². The summed E-state index contributed by atoms with van der Waals surface area (Å²) in [5, 5.41) is 9.91. The Morgan fingerprint density at radius 3 is 2.11 bits per heavy atom. The number of hydrogen-bond donors (Lipinski definition) is 3. The molecule has 1 amide bonds. The van der Waals surface area contributed by atoms with Crippen LogP contribution in [0, 0.1) is 0 Å². The average Bonchev–Trinajstić information content (AvgIpc) is 2.23. The van der Waals surface area contributed by atoms with Crippen molar-refractivity contribution in [3.63, 3.8) is 0 Å². The van der Waals surface area contributed by atoms with Crippen LogP contribution >= 0.6 is 0 Å². The molecule has 2 fully saturated rings. The van der Waals surface area contributed by atoms with E-state index in [0.29, 0.717) is 12.1 Å². The molecule has 0 unspecified atom stereocenters. The molecule has 1 aliphatic carbocycles. The van der Waals surface area contributed by atoms with Gasteiger partial charge in [0.15, 0.2) is 0 Å². The van der Waals surface area contributed by atoms with Crippen molar-refractivity contribution in [3.8, 4) is 0 Å². The predicted octanol–water partition coefficient (Wildman–Crippen LogP) is 1.38. The maximum Gasteiger partial charge on any atom is 0.407 e. The summed E-state index contributed by atoms with van der Waals surface area (Å²) in [6.45, 7) is 7.85. The Labute approximate surface area is 115 Å². The number of hydrogen-bond acceptors (Lipinski definition) is 4. The lowest BCUT2D eigenvalue weighted by Gasteiger charge is -2.36. The second-order valence-electron chi connectivity index (χ2n) is 6.72. The topological polar surface area (TPSA) is 62.4 Å². The molecule has 1 heterocycles. The first kappa shape index (κ1) is 14.6. The third-order valence-corrected chi connectivity index (χ3v) is 3.70. The fourth-order valence-corrected chi connectivity index (χ4v) is 2.62. The van der Waals surface area contributed by atoms with Crippen LogP contribution in [0.2, 0.25) is 0 Å². The van der Waals surface area contributed by atoms with Crippen molar-refractivity contribution in [1.82, 2.24) is 16.0 Å². The standard InChI is InChI=1S/C14H27N3O2/c1-14(2,3)19-13(18)17-11-6-4-10(5-7-11)16-12-8-15-9-12/h10-12,15-16H,4-9H2,1-3H3,(H,17,18). The second kappa shape index (κ2) is 6.09. The Morgan fingerprint density at radius 2 is 1.63 bits per heavy atom. The number of carbonyl (C=O) groups excluding carboxylic acids is 1. The maximum absolute atomic E-state index is 11.7. The van der Waals surface area contributed by atoms with Crippen LogP contribution in [-0.2, 0) is 4.74 Å². The van der Waals surface area contributed by atoms with Gasteiger partial charge in [0.05, 0.1) is 0 Å². The van der Waals surface area contributed by atoms with Crippen LogP contribution in [0.25, 0.3) is 0 Å². The van der Waals surface area contributed by atoms with Gasteiger partial charge in [-0.25, -0.2) is 4.79 Å². The molecule has 1 saturated carbocycles. The van der Waals surface area contributed by atoms with Gasteiger partial charge in [-0.2, -0.15) is 0 Å². The van der Waals surface area contributed by atoms with Gasteiger partial charge in [0.1, 0.15) is 5.60 Å². The number of carbonyl (C=O) groups is 1. The summed E-state index contributed by atoms with van der Waals surface area (Å²) in [5.41, 5.74) is -0.417. The summed E-state index contributed by atoms with van der Waals surface area (Å²) >= 11 is 0. The number of ether oxygens (including phenoxy) is 1. The summed E-state index contributed by atoms with van der Waals surface area (Å²) in [5.74, 6) is 0. The molecule has 3 N–H and O–H groups in total. The number of amides is 1. The van der Waals surface area contributed by atoms with Crippen LogP contribution in [0.4, 0.5) is 4.79 Å². The van der Waals surface area contributed by atoms with E-state index < -0.39 is 5.60 Å². The van der Waals surface area contributed by atoms with Crippen LogP contribution in [0.15, 0.2) is 0 Å². The zero-order valence-electron chi connectivity index (χ0n) is 12.3. The summed E-state index contributed by atoms with van der Waals surface area (Å²) in [7, 11) is 0. The van der Waals surface area contributed by atoms with Gasteiger partial charge in [0.2, 0.25) is 0 Å². The molecule has 0 atom stereocenters. The highest BCUT2D eigenvalue weighted by atomic mass is 16.6. The molecule has 0 bridgehead atoms. The van der Waals surface area contributed by atoms with Gasteiger partial charge < -0.3 is 20.7 Å². The van der Waals surface area contributed by atoms with Gasteiger partial charge in [-0.15, -0.1) is 0 Å². The minimum atomic E-state index is -0.417. The Hall–Kier alpha value is -0.810. The lowest BCUT2D eigenvalue weighted by Crippen LogP contribution is -2.58. The zero-order valence-corrected chi connectivity index (χ0v) is 12.3. The smallest absolute Gasteiger partial charge is 0.407 e. The Bertz CT molecular complexity index is 302. The highest BCUT2D eigenvalue weighted by Gasteiger charge is 2.27. The Kier molecular flexibility index (Phi) is 4.68. The zero-order chi connectivity index (χ0) is 13.9. The number of rotatable bonds is 3. The molecule has 2 aliphatic rings. The molecule has 5 heteroatoms. The molecular weight excluding hydrogens is 242 g/mol. The number of alkyl carbamates (subject to hydrolysis) is 1. The van der Waals surface area contributed by atoms with Crippen LogP contribution in [0.1, 0.15) is 46.5 Å². The lowest BCUT2D eigenvalue weighted by molar-refractivity contribution is 0.0488. The minimum Gasteiger partial charge on any atom is -0.444 e. The quantitative estimate of drug-likeness (QED) is 0.724. The van der Waals surface area contributed by atoms with E-state index in [1.165, 1.54) is 0 Å². The molecule has 1 saturated heterocycles. The normalized spacial score (nSPS) is 28.6. The SMILES string of the molecule is CC(C)(C)OC(=O)NC1CCC(NC2CNC2)CC1. The molecule has 2 rings (SSSR count).